The number of nitrogens with one attached hydrogen (secondary N) is 1. The second-order valence-corrected chi connectivity index (χ2v) is 9.51. The van der Waals surface area contributed by atoms with Gasteiger partial charge in [0.1, 0.15) is 11.8 Å². The summed E-state index contributed by atoms with van der Waals surface area (Å²) in [5.74, 6) is 0.184. The average Bonchev–Trinajstić information content (AvgIpc) is 2.82. The fourth-order valence-electron chi connectivity index (χ4n) is 3.85. The number of carbonyl (C=O) groups is 2. The van der Waals surface area contributed by atoms with Crippen LogP contribution in [0.1, 0.15) is 36.1 Å². The van der Waals surface area contributed by atoms with E-state index in [9.17, 15) is 9.59 Å². The lowest BCUT2D eigenvalue weighted by Crippen LogP contribution is -2.52. The minimum Gasteiger partial charge on any atom is -0.483 e. The van der Waals surface area contributed by atoms with Crippen LogP contribution in [0.4, 0.5) is 0 Å². The van der Waals surface area contributed by atoms with Crippen LogP contribution >= 0.6 is 11.6 Å². The summed E-state index contributed by atoms with van der Waals surface area (Å²) in [5.41, 5.74) is 3.80. The van der Waals surface area contributed by atoms with Gasteiger partial charge >= 0.3 is 0 Å². The van der Waals surface area contributed by atoms with Crippen LogP contribution in [0, 0.1) is 13.8 Å². The third-order valence-corrected chi connectivity index (χ3v) is 5.87. The molecule has 1 unspecified atom stereocenters. The second-order valence-electron chi connectivity index (χ2n) is 9.08. The lowest BCUT2D eigenvalue weighted by Gasteiger charge is -2.32. The number of hydrogen-bond donors (Lipinski definition) is 1. The summed E-state index contributed by atoms with van der Waals surface area (Å²) in [5, 5.41) is 3.56. The van der Waals surface area contributed by atoms with E-state index < -0.39 is 6.04 Å². The molecule has 1 N–H and O–H groups in total. The molecule has 3 rings (SSSR count). The molecule has 0 aromatic heterocycles. The van der Waals surface area contributed by atoms with E-state index in [1.807, 2.05) is 94.4 Å². The molecule has 0 bridgehead atoms. The maximum atomic E-state index is 13.6. The van der Waals surface area contributed by atoms with Crippen molar-refractivity contribution in [1.29, 1.82) is 0 Å². The number of nitrogens with zero attached hydrogens (tertiary/aromatic N) is 1. The van der Waals surface area contributed by atoms with Gasteiger partial charge in [0.15, 0.2) is 6.61 Å². The van der Waals surface area contributed by atoms with Crippen molar-refractivity contribution < 1.29 is 14.3 Å². The normalized spacial score (nSPS) is 11.7. The Morgan fingerprint density at radius 1 is 0.943 bits per heavy atom. The summed E-state index contributed by atoms with van der Waals surface area (Å²) in [6.45, 7) is 7.79. The maximum Gasteiger partial charge on any atom is 0.261 e. The molecular weight excluding hydrogens is 460 g/mol. The Hall–Kier alpha value is -3.31. The summed E-state index contributed by atoms with van der Waals surface area (Å²) < 4.78 is 5.93. The van der Waals surface area contributed by atoms with E-state index in [0.29, 0.717) is 17.2 Å². The van der Waals surface area contributed by atoms with Gasteiger partial charge in [0.05, 0.1) is 0 Å². The molecule has 0 spiro atoms. The number of amides is 2. The predicted molar refractivity (Wildman–Crippen MR) is 141 cm³/mol. The standard InChI is InChI=1S/C29H33ClN2O3/c1-20(2)31-29(34)26(17-23-9-6-5-7-10-23)32(18-24-11-8-12-25(30)16-24)28(33)19-35-27-15-21(3)13-14-22(27)4/h5-16,20,26H,17-19H2,1-4H3,(H,31,34). The first-order valence-electron chi connectivity index (χ1n) is 11.8. The zero-order chi connectivity index (χ0) is 25.4. The Balaban J connectivity index is 1.92. The molecule has 0 radical (unpaired) electrons. The fraction of sp³-hybridized carbons (Fsp3) is 0.310. The quantitative estimate of drug-likeness (QED) is 0.406. The minimum atomic E-state index is -0.714. The molecule has 2 amide bonds. The van der Waals surface area contributed by atoms with Crippen molar-refractivity contribution in [3.05, 3.63) is 100 Å². The molecule has 0 fully saturated rings. The molecule has 0 heterocycles. The number of rotatable bonds is 10. The Bertz CT molecular complexity index is 1150. The van der Waals surface area contributed by atoms with E-state index in [-0.39, 0.29) is 31.0 Å². The highest BCUT2D eigenvalue weighted by atomic mass is 35.5. The van der Waals surface area contributed by atoms with E-state index in [0.717, 1.165) is 22.3 Å². The Morgan fingerprint density at radius 3 is 2.34 bits per heavy atom. The smallest absolute Gasteiger partial charge is 0.261 e. The van der Waals surface area contributed by atoms with Crippen LogP contribution < -0.4 is 10.1 Å². The summed E-state index contributed by atoms with van der Waals surface area (Å²) >= 11 is 6.21. The first kappa shape index (κ1) is 26.3. The zero-order valence-corrected chi connectivity index (χ0v) is 21.5. The summed E-state index contributed by atoms with van der Waals surface area (Å²) in [4.78, 5) is 28.6. The van der Waals surface area contributed by atoms with E-state index >= 15 is 0 Å². The van der Waals surface area contributed by atoms with Crippen LogP contribution in [-0.4, -0.2) is 35.4 Å². The Kier molecular flexibility index (Phi) is 9.32. The number of aryl methyl sites for hydroxylation is 2. The second kappa shape index (κ2) is 12.4. The Morgan fingerprint density at radius 2 is 1.66 bits per heavy atom. The van der Waals surface area contributed by atoms with Crippen molar-refractivity contribution >= 4 is 23.4 Å². The SMILES string of the molecule is Cc1ccc(C)c(OCC(=O)N(Cc2cccc(Cl)c2)C(Cc2ccccc2)C(=O)NC(C)C)c1. The third-order valence-electron chi connectivity index (χ3n) is 5.64. The molecule has 3 aromatic carbocycles. The van der Waals surface area contributed by atoms with Gasteiger partial charge in [0.2, 0.25) is 5.91 Å². The monoisotopic (exact) mass is 492 g/mol. The highest BCUT2D eigenvalue weighted by molar-refractivity contribution is 6.30. The predicted octanol–water partition coefficient (Wildman–Crippen LogP) is 5.50. The summed E-state index contributed by atoms with van der Waals surface area (Å²) in [7, 11) is 0. The molecule has 0 aliphatic heterocycles. The molecule has 1 atom stereocenters. The van der Waals surface area contributed by atoms with Gasteiger partial charge < -0.3 is 15.0 Å². The molecule has 35 heavy (non-hydrogen) atoms. The zero-order valence-electron chi connectivity index (χ0n) is 20.8. The highest BCUT2D eigenvalue weighted by Crippen LogP contribution is 2.21. The molecule has 0 saturated carbocycles. The van der Waals surface area contributed by atoms with Crippen LogP contribution in [0.15, 0.2) is 72.8 Å². The number of ether oxygens (including phenoxy) is 1. The van der Waals surface area contributed by atoms with E-state index in [2.05, 4.69) is 5.32 Å². The largest absolute Gasteiger partial charge is 0.483 e. The topological polar surface area (TPSA) is 58.6 Å². The van der Waals surface area contributed by atoms with Crippen LogP contribution in [0.25, 0.3) is 0 Å². The summed E-state index contributed by atoms with van der Waals surface area (Å²) in [6.07, 6.45) is 0.384. The molecule has 6 heteroatoms. The lowest BCUT2D eigenvalue weighted by atomic mass is 10.0. The van der Waals surface area contributed by atoms with Gasteiger partial charge in [-0.3, -0.25) is 9.59 Å². The Labute approximate surface area is 213 Å². The van der Waals surface area contributed by atoms with Crippen molar-refractivity contribution in [3.63, 3.8) is 0 Å². The highest BCUT2D eigenvalue weighted by Gasteiger charge is 2.31. The van der Waals surface area contributed by atoms with E-state index in [4.69, 9.17) is 16.3 Å². The molecule has 5 nitrogen and oxygen atoms in total. The number of carbonyl (C=O) groups excluding carboxylic acids is 2. The summed E-state index contributed by atoms with van der Waals surface area (Å²) in [6, 6.07) is 22.2. The molecule has 0 aliphatic rings. The van der Waals surface area contributed by atoms with Crippen LogP contribution in [0.2, 0.25) is 5.02 Å². The van der Waals surface area contributed by atoms with Crippen LogP contribution in [-0.2, 0) is 22.6 Å². The molecule has 3 aromatic rings. The van der Waals surface area contributed by atoms with Gasteiger partial charge in [-0.1, -0.05) is 66.2 Å². The number of benzene rings is 3. The first-order chi connectivity index (χ1) is 16.7. The van der Waals surface area contributed by atoms with Crippen molar-refractivity contribution in [2.24, 2.45) is 0 Å². The minimum absolute atomic E-state index is 0.0601. The lowest BCUT2D eigenvalue weighted by molar-refractivity contribution is -0.143. The maximum absolute atomic E-state index is 13.6. The third kappa shape index (κ3) is 7.86. The van der Waals surface area contributed by atoms with Crippen LogP contribution in [0.5, 0.6) is 5.75 Å². The first-order valence-corrected chi connectivity index (χ1v) is 12.2. The van der Waals surface area contributed by atoms with Gasteiger partial charge in [-0.15, -0.1) is 0 Å². The number of hydrogen-bond acceptors (Lipinski definition) is 3. The van der Waals surface area contributed by atoms with Crippen LogP contribution in [0.3, 0.4) is 0 Å². The molecular formula is C29H33ClN2O3. The molecule has 184 valence electrons. The van der Waals surface area contributed by atoms with E-state index in [1.54, 1.807) is 11.0 Å². The van der Waals surface area contributed by atoms with Crippen molar-refractivity contribution in [1.82, 2.24) is 10.2 Å². The van der Waals surface area contributed by atoms with Gasteiger partial charge in [0.25, 0.3) is 5.91 Å². The number of halogens is 1. The van der Waals surface area contributed by atoms with Gasteiger partial charge in [0, 0.05) is 24.0 Å². The van der Waals surface area contributed by atoms with Gasteiger partial charge in [-0.2, -0.15) is 0 Å². The average molecular weight is 493 g/mol. The van der Waals surface area contributed by atoms with Gasteiger partial charge in [-0.25, -0.2) is 0 Å². The molecule has 0 saturated heterocycles. The van der Waals surface area contributed by atoms with Crippen molar-refractivity contribution in [3.8, 4) is 5.75 Å². The van der Waals surface area contributed by atoms with E-state index in [1.165, 1.54) is 0 Å². The molecule has 0 aliphatic carbocycles. The van der Waals surface area contributed by atoms with Crippen molar-refractivity contribution in [2.75, 3.05) is 6.61 Å². The van der Waals surface area contributed by atoms with Gasteiger partial charge in [-0.05, 0) is 68.1 Å². The van der Waals surface area contributed by atoms with Crippen molar-refractivity contribution in [2.45, 2.75) is 52.7 Å². The fourth-order valence-corrected chi connectivity index (χ4v) is 4.06.